The van der Waals surface area contributed by atoms with Crippen LogP contribution in [-0.4, -0.2) is 52.3 Å². The van der Waals surface area contributed by atoms with Gasteiger partial charge in [0, 0.05) is 24.9 Å². The summed E-state index contributed by atoms with van der Waals surface area (Å²) in [4.78, 5) is 58.8. The highest BCUT2D eigenvalue weighted by molar-refractivity contribution is 6.38. The van der Waals surface area contributed by atoms with Crippen LogP contribution in [0.15, 0.2) is 42.9 Å². The first kappa shape index (κ1) is 24.8. The van der Waals surface area contributed by atoms with Gasteiger partial charge in [0.25, 0.3) is 5.91 Å². The lowest BCUT2D eigenvalue weighted by molar-refractivity contribution is -0.140. The predicted molar refractivity (Wildman–Crippen MR) is 122 cm³/mol. The molecule has 3 amide bonds. The average molecular weight is 468 g/mol. The van der Waals surface area contributed by atoms with E-state index in [1.165, 1.54) is 6.33 Å². The Kier molecular flexibility index (Phi) is 8.66. The lowest BCUT2D eigenvalue weighted by Crippen LogP contribution is -2.56. The number of benzene rings is 1. The molecule has 3 rings (SSSR count). The summed E-state index contributed by atoms with van der Waals surface area (Å²) >= 11 is 0. The second-order valence-corrected chi connectivity index (χ2v) is 8.41. The summed E-state index contributed by atoms with van der Waals surface area (Å²) in [6, 6.07) is 7.05. The molecule has 0 fully saturated rings. The number of amides is 3. The van der Waals surface area contributed by atoms with Crippen LogP contribution in [0.25, 0.3) is 0 Å². The number of alkyl carbamates (subject to hydrolysis) is 1. The van der Waals surface area contributed by atoms with Crippen molar-refractivity contribution in [2.45, 2.75) is 51.8 Å². The quantitative estimate of drug-likeness (QED) is 0.540. The van der Waals surface area contributed by atoms with E-state index in [-0.39, 0.29) is 18.9 Å². The fraction of sp³-hybridized carbons (Fsp3) is 0.417. The van der Waals surface area contributed by atoms with Gasteiger partial charge in [-0.3, -0.25) is 14.4 Å². The summed E-state index contributed by atoms with van der Waals surface area (Å²) in [5, 5.41) is 7.78. The molecule has 0 aliphatic carbocycles. The molecule has 10 heteroatoms. The van der Waals surface area contributed by atoms with Crippen molar-refractivity contribution in [2.24, 2.45) is 5.92 Å². The molecular weight excluding hydrogens is 438 g/mol. The highest BCUT2D eigenvalue weighted by Crippen LogP contribution is 2.13. The standard InChI is InChI=1S/C24H29N5O5/c1-15(2)20(29-24(33)34-13-16-7-4-3-5-8-16)22(31)28-19-11-17-12-25-14-27-18(17)9-6-10-26-23(32)21(19)30/h3-5,7-8,12,14-15,19-20H,6,9-11,13H2,1-2H3,(H,26,32)(H,28,31)(H,29,33). The zero-order chi connectivity index (χ0) is 24.5. The summed E-state index contributed by atoms with van der Waals surface area (Å²) in [5.74, 6) is -2.42. The highest BCUT2D eigenvalue weighted by Gasteiger charge is 2.32. The maximum atomic E-state index is 13.1. The monoisotopic (exact) mass is 467 g/mol. The third kappa shape index (κ3) is 6.84. The minimum absolute atomic E-state index is 0.0528. The number of nitrogens with zero attached hydrogens (tertiary/aromatic N) is 2. The van der Waals surface area contributed by atoms with Gasteiger partial charge in [-0.2, -0.15) is 0 Å². The van der Waals surface area contributed by atoms with Crippen molar-refractivity contribution < 1.29 is 23.9 Å². The molecule has 0 saturated heterocycles. The fourth-order valence-corrected chi connectivity index (χ4v) is 3.60. The second kappa shape index (κ2) is 11.9. The van der Waals surface area contributed by atoms with Crippen molar-refractivity contribution in [3.05, 3.63) is 59.7 Å². The van der Waals surface area contributed by atoms with E-state index in [1.54, 1.807) is 20.0 Å². The van der Waals surface area contributed by atoms with Gasteiger partial charge in [0.05, 0.1) is 0 Å². The van der Waals surface area contributed by atoms with Crippen molar-refractivity contribution in [1.82, 2.24) is 25.9 Å². The molecule has 0 bridgehead atoms. The normalized spacial score (nSPS) is 17.2. The fourth-order valence-electron chi connectivity index (χ4n) is 3.60. The molecule has 2 unspecified atom stereocenters. The Bertz CT molecular complexity index is 1030. The topological polar surface area (TPSA) is 139 Å². The Labute approximate surface area is 197 Å². The summed E-state index contributed by atoms with van der Waals surface area (Å²) < 4.78 is 5.22. The molecule has 0 radical (unpaired) electrons. The van der Waals surface area contributed by atoms with Crippen molar-refractivity contribution in [1.29, 1.82) is 0 Å². The number of rotatable bonds is 6. The number of ketones is 1. The number of nitrogens with one attached hydrogen (secondary N) is 3. The minimum Gasteiger partial charge on any atom is -0.445 e. The third-order valence-electron chi connectivity index (χ3n) is 5.47. The third-order valence-corrected chi connectivity index (χ3v) is 5.47. The van der Waals surface area contributed by atoms with Gasteiger partial charge >= 0.3 is 6.09 Å². The molecule has 2 atom stereocenters. The van der Waals surface area contributed by atoms with Gasteiger partial charge in [0.15, 0.2) is 0 Å². The molecular formula is C24H29N5O5. The van der Waals surface area contributed by atoms with Gasteiger partial charge < -0.3 is 20.7 Å². The van der Waals surface area contributed by atoms with E-state index in [0.717, 1.165) is 11.3 Å². The number of hydrogen-bond acceptors (Lipinski definition) is 7. The number of Topliss-reactive ketones (excluding diaryl/α,β-unsaturated/α-hetero) is 1. The van der Waals surface area contributed by atoms with E-state index in [4.69, 9.17) is 4.74 Å². The summed E-state index contributed by atoms with van der Waals surface area (Å²) in [6.07, 6.45) is 3.57. The van der Waals surface area contributed by atoms with Crippen LogP contribution in [-0.2, 0) is 38.6 Å². The van der Waals surface area contributed by atoms with E-state index in [2.05, 4.69) is 25.9 Å². The number of aryl methyl sites for hydroxylation is 1. The molecule has 34 heavy (non-hydrogen) atoms. The first-order valence-electron chi connectivity index (χ1n) is 11.2. The van der Waals surface area contributed by atoms with Crippen LogP contribution in [0.3, 0.4) is 0 Å². The molecule has 3 N–H and O–H groups in total. The van der Waals surface area contributed by atoms with E-state index >= 15 is 0 Å². The van der Waals surface area contributed by atoms with Crippen LogP contribution >= 0.6 is 0 Å². The average Bonchev–Trinajstić information content (AvgIpc) is 2.83. The molecule has 1 aliphatic heterocycles. The van der Waals surface area contributed by atoms with Gasteiger partial charge in [-0.25, -0.2) is 14.8 Å². The van der Waals surface area contributed by atoms with Gasteiger partial charge in [0.1, 0.15) is 25.0 Å². The highest BCUT2D eigenvalue weighted by atomic mass is 16.5. The van der Waals surface area contributed by atoms with Crippen LogP contribution < -0.4 is 16.0 Å². The van der Waals surface area contributed by atoms with E-state index in [9.17, 15) is 19.2 Å². The van der Waals surface area contributed by atoms with Gasteiger partial charge in [-0.1, -0.05) is 44.2 Å². The summed E-state index contributed by atoms with van der Waals surface area (Å²) in [5.41, 5.74) is 2.26. The predicted octanol–water partition coefficient (Wildman–Crippen LogP) is 1.09. The van der Waals surface area contributed by atoms with Gasteiger partial charge in [-0.15, -0.1) is 0 Å². The maximum absolute atomic E-state index is 13.1. The SMILES string of the molecule is CC(C)C(NC(=O)OCc1ccccc1)C(=O)NC1Cc2cncnc2CCCNC(=O)C1=O. The smallest absolute Gasteiger partial charge is 0.408 e. The van der Waals surface area contributed by atoms with Crippen molar-refractivity contribution in [2.75, 3.05) is 6.54 Å². The zero-order valence-corrected chi connectivity index (χ0v) is 19.2. The zero-order valence-electron chi connectivity index (χ0n) is 19.2. The Morgan fingerprint density at radius 3 is 2.71 bits per heavy atom. The summed E-state index contributed by atoms with van der Waals surface area (Å²) in [7, 11) is 0. The first-order chi connectivity index (χ1) is 16.3. The van der Waals surface area contributed by atoms with Crippen molar-refractivity contribution >= 4 is 23.7 Å². The Morgan fingerprint density at radius 1 is 1.21 bits per heavy atom. The molecule has 10 nitrogen and oxygen atoms in total. The number of fused-ring (bicyclic) bond motifs is 1. The molecule has 0 spiro atoms. The number of carbonyl (C=O) groups excluding carboxylic acids is 4. The first-order valence-corrected chi connectivity index (χ1v) is 11.2. The second-order valence-electron chi connectivity index (χ2n) is 8.41. The Morgan fingerprint density at radius 2 is 1.97 bits per heavy atom. The Hall–Kier alpha value is -3.82. The van der Waals surface area contributed by atoms with Crippen LogP contribution in [0, 0.1) is 5.92 Å². The van der Waals surface area contributed by atoms with Crippen LogP contribution in [0.1, 0.15) is 37.1 Å². The van der Waals surface area contributed by atoms with E-state index in [0.29, 0.717) is 24.9 Å². The van der Waals surface area contributed by atoms with Crippen LogP contribution in [0.2, 0.25) is 0 Å². The molecule has 0 saturated carbocycles. The molecule has 1 aromatic carbocycles. The summed E-state index contributed by atoms with van der Waals surface area (Å²) in [6.45, 7) is 3.88. The number of ether oxygens (including phenoxy) is 1. The molecule has 2 heterocycles. The minimum atomic E-state index is -1.13. The van der Waals surface area contributed by atoms with Crippen LogP contribution in [0.4, 0.5) is 4.79 Å². The number of aromatic nitrogens is 2. The van der Waals surface area contributed by atoms with Gasteiger partial charge in [0.2, 0.25) is 11.7 Å². The molecule has 180 valence electrons. The number of carbonyl (C=O) groups is 4. The van der Waals surface area contributed by atoms with E-state index < -0.39 is 35.8 Å². The lowest BCUT2D eigenvalue weighted by Gasteiger charge is -2.25. The number of hydrogen-bond donors (Lipinski definition) is 3. The Balaban J connectivity index is 1.70. The molecule has 1 aromatic heterocycles. The molecule has 2 aromatic rings. The van der Waals surface area contributed by atoms with Crippen LogP contribution in [0.5, 0.6) is 0 Å². The largest absolute Gasteiger partial charge is 0.445 e. The van der Waals surface area contributed by atoms with E-state index in [1.807, 2.05) is 30.3 Å². The van der Waals surface area contributed by atoms with Crippen molar-refractivity contribution in [3.8, 4) is 0 Å². The van der Waals surface area contributed by atoms with Crippen molar-refractivity contribution in [3.63, 3.8) is 0 Å². The lowest BCUT2D eigenvalue weighted by atomic mass is 9.97. The van der Waals surface area contributed by atoms with Gasteiger partial charge in [-0.05, 0) is 29.9 Å². The maximum Gasteiger partial charge on any atom is 0.408 e. The molecule has 1 aliphatic rings.